The van der Waals surface area contributed by atoms with Gasteiger partial charge in [0.1, 0.15) is 0 Å². The Morgan fingerprint density at radius 1 is 0.870 bits per heavy atom. The van der Waals surface area contributed by atoms with E-state index in [1.54, 1.807) is 12.1 Å². The number of methoxy groups -OCH3 is 2. The normalized spacial score (nSPS) is 12.4. The molecule has 6 nitrogen and oxygen atoms in total. The Kier molecular flexibility index (Phi) is 8.76. The summed E-state index contributed by atoms with van der Waals surface area (Å²) in [6.07, 6.45) is -0.0779. The summed E-state index contributed by atoms with van der Waals surface area (Å²) in [5.74, 6) is 0.655. The summed E-state index contributed by atoms with van der Waals surface area (Å²) in [5, 5.41) is 10.0. The van der Waals surface area contributed by atoms with E-state index >= 15 is 0 Å². The molecule has 6 heteroatoms. The molecule has 1 atom stereocenters. The van der Waals surface area contributed by atoms with Crippen LogP contribution in [0.25, 0.3) is 0 Å². The van der Waals surface area contributed by atoms with E-state index in [4.69, 9.17) is 23.7 Å². The summed E-state index contributed by atoms with van der Waals surface area (Å²) < 4.78 is 27.5. The van der Waals surface area contributed by atoms with Crippen LogP contribution < -0.4 is 9.47 Å². The number of phenolic OH excluding ortho intramolecular Hbond substituents is 1. The lowest BCUT2D eigenvalue weighted by atomic mass is 10.0. The Bertz CT molecular complexity index is 431. The van der Waals surface area contributed by atoms with Gasteiger partial charge < -0.3 is 28.8 Å². The summed E-state index contributed by atoms with van der Waals surface area (Å²) >= 11 is 0. The highest BCUT2D eigenvalue weighted by atomic mass is 16.7. The summed E-state index contributed by atoms with van der Waals surface area (Å²) in [7, 11) is 2.99. The molecule has 0 spiro atoms. The second-order valence-corrected chi connectivity index (χ2v) is 4.79. The van der Waals surface area contributed by atoms with Crippen LogP contribution in [0.4, 0.5) is 0 Å². The van der Waals surface area contributed by atoms with Crippen LogP contribution >= 0.6 is 0 Å². The third-order valence-corrected chi connectivity index (χ3v) is 3.35. The van der Waals surface area contributed by atoms with E-state index in [9.17, 15) is 5.11 Å². The molecule has 0 aliphatic heterocycles. The molecule has 0 fully saturated rings. The Morgan fingerprint density at radius 2 is 1.35 bits per heavy atom. The number of hydrogen-bond donors (Lipinski definition) is 1. The van der Waals surface area contributed by atoms with Gasteiger partial charge in [-0.3, -0.25) is 0 Å². The first-order chi connectivity index (χ1) is 11.1. The van der Waals surface area contributed by atoms with Gasteiger partial charge in [-0.15, -0.1) is 0 Å². The van der Waals surface area contributed by atoms with Gasteiger partial charge in [0.25, 0.3) is 0 Å². The number of rotatable bonds is 11. The largest absolute Gasteiger partial charge is 0.502 e. The Balaban J connectivity index is 3.08. The summed E-state index contributed by atoms with van der Waals surface area (Å²) in [6.45, 7) is 7.44. The molecule has 0 aromatic heterocycles. The van der Waals surface area contributed by atoms with Crippen LogP contribution in [0.2, 0.25) is 0 Å². The maximum Gasteiger partial charge on any atom is 0.200 e. The molecule has 1 aromatic carbocycles. The van der Waals surface area contributed by atoms with Gasteiger partial charge in [-0.2, -0.15) is 0 Å². The molecule has 0 heterocycles. The maximum atomic E-state index is 10.0. The number of phenols is 1. The zero-order chi connectivity index (χ0) is 17.2. The van der Waals surface area contributed by atoms with Crippen molar-refractivity contribution in [2.75, 3.05) is 34.0 Å². The van der Waals surface area contributed by atoms with Crippen LogP contribution in [-0.2, 0) is 14.2 Å². The van der Waals surface area contributed by atoms with Crippen LogP contribution in [0.5, 0.6) is 17.2 Å². The quantitative estimate of drug-likeness (QED) is 0.629. The summed E-state index contributed by atoms with van der Waals surface area (Å²) in [4.78, 5) is 0. The van der Waals surface area contributed by atoms with Crippen LogP contribution in [0.3, 0.4) is 0 Å². The Hall–Kier alpha value is -1.50. The van der Waals surface area contributed by atoms with Gasteiger partial charge in [0.15, 0.2) is 17.8 Å². The monoisotopic (exact) mass is 328 g/mol. The molecule has 132 valence electrons. The zero-order valence-electron chi connectivity index (χ0n) is 14.6. The molecule has 1 rings (SSSR count). The lowest BCUT2D eigenvalue weighted by Crippen LogP contribution is -2.22. The van der Waals surface area contributed by atoms with Crippen molar-refractivity contribution < 1.29 is 28.8 Å². The van der Waals surface area contributed by atoms with E-state index < -0.39 is 0 Å². The molecule has 0 aliphatic carbocycles. The first-order valence-corrected chi connectivity index (χ1v) is 7.90. The molecule has 0 unspecified atom stereocenters. The number of benzene rings is 1. The predicted octanol–water partition coefficient (Wildman–Crippen LogP) is 3.28. The molecule has 0 aliphatic rings. The third-order valence-electron chi connectivity index (χ3n) is 3.35. The van der Waals surface area contributed by atoms with Crippen LogP contribution in [0.1, 0.15) is 38.9 Å². The second kappa shape index (κ2) is 10.3. The van der Waals surface area contributed by atoms with Crippen molar-refractivity contribution in [3.8, 4) is 17.2 Å². The lowest BCUT2D eigenvalue weighted by molar-refractivity contribution is -0.158. The lowest BCUT2D eigenvalue weighted by Gasteiger charge is -2.24. The van der Waals surface area contributed by atoms with Gasteiger partial charge in [0, 0.05) is 26.2 Å². The fourth-order valence-electron chi connectivity index (χ4n) is 2.33. The average molecular weight is 328 g/mol. The van der Waals surface area contributed by atoms with Gasteiger partial charge in [-0.05, 0) is 38.5 Å². The van der Waals surface area contributed by atoms with E-state index in [0.717, 1.165) is 5.56 Å². The number of hydrogen-bond acceptors (Lipinski definition) is 6. The molecule has 1 aromatic rings. The molecule has 23 heavy (non-hydrogen) atoms. The van der Waals surface area contributed by atoms with E-state index in [1.807, 2.05) is 20.8 Å². The molecule has 0 bridgehead atoms. The van der Waals surface area contributed by atoms with Gasteiger partial charge in [-0.1, -0.05) is 0 Å². The molecule has 0 saturated heterocycles. The average Bonchev–Trinajstić information content (AvgIpc) is 2.55. The maximum absolute atomic E-state index is 10.0. The Morgan fingerprint density at radius 3 is 1.74 bits per heavy atom. The van der Waals surface area contributed by atoms with E-state index in [0.29, 0.717) is 37.7 Å². The standard InChI is InChI=1S/C17H28O6/c1-6-21-13(11-16(22-7-2)23-8-3)12-9-14(19-4)17(18)15(10-12)20-5/h9-10,13,16,18H,6-8,11H2,1-5H3/t13-/m1/s1. The number of ether oxygens (including phenoxy) is 5. The van der Waals surface area contributed by atoms with Gasteiger partial charge in [-0.25, -0.2) is 0 Å². The molecule has 0 radical (unpaired) electrons. The number of aromatic hydroxyl groups is 1. The molecular weight excluding hydrogens is 300 g/mol. The fourth-order valence-corrected chi connectivity index (χ4v) is 2.33. The highest BCUT2D eigenvalue weighted by molar-refractivity contribution is 5.53. The SMILES string of the molecule is CCOC(C[C@@H](OCC)c1cc(OC)c(O)c(OC)c1)OCC. The zero-order valence-corrected chi connectivity index (χ0v) is 14.6. The van der Waals surface area contributed by atoms with Crippen molar-refractivity contribution in [3.05, 3.63) is 17.7 Å². The first kappa shape index (κ1) is 19.5. The minimum absolute atomic E-state index is 0.0276. The van der Waals surface area contributed by atoms with Crippen molar-refractivity contribution in [2.24, 2.45) is 0 Å². The summed E-state index contributed by atoms with van der Waals surface area (Å²) in [6, 6.07) is 3.49. The van der Waals surface area contributed by atoms with Crippen molar-refractivity contribution >= 4 is 0 Å². The fraction of sp³-hybridized carbons (Fsp3) is 0.647. The van der Waals surface area contributed by atoms with Crippen LogP contribution in [0, 0.1) is 0 Å². The van der Waals surface area contributed by atoms with Crippen molar-refractivity contribution in [2.45, 2.75) is 39.6 Å². The predicted molar refractivity (Wildman–Crippen MR) is 87.2 cm³/mol. The first-order valence-electron chi connectivity index (χ1n) is 7.90. The third kappa shape index (κ3) is 5.57. The van der Waals surface area contributed by atoms with E-state index in [-0.39, 0.29) is 18.1 Å². The van der Waals surface area contributed by atoms with E-state index in [1.165, 1.54) is 14.2 Å². The van der Waals surface area contributed by atoms with Crippen molar-refractivity contribution in [3.63, 3.8) is 0 Å². The van der Waals surface area contributed by atoms with Gasteiger partial charge in [0.2, 0.25) is 5.75 Å². The van der Waals surface area contributed by atoms with Crippen molar-refractivity contribution in [1.29, 1.82) is 0 Å². The molecule has 0 saturated carbocycles. The topological polar surface area (TPSA) is 66.4 Å². The van der Waals surface area contributed by atoms with E-state index in [2.05, 4.69) is 0 Å². The highest BCUT2D eigenvalue weighted by Crippen LogP contribution is 2.40. The molecule has 0 amide bonds. The van der Waals surface area contributed by atoms with Crippen LogP contribution in [-0.4, -0.2) is 45.4 Å². The van der Waals surface area contributed by atoms with Gasteiger partial charge in [0.05, 0.1) is 20.3 Å². The minimum Gasteiger partial charge on any atom is -0.502 e. The smallest absolute Gasteiger partial charge is 0.200 e. The highest BCUT2D eigenvalue weighted by Gasteiger charge is 2.22. The van der Waals surface area contributed by atoms with Crippen LogP contribution in [0.15, 0.2) is 12.1 Å². The second-order valence-electron chi connectivity index (χ2n) is 4.79. The van der Waals surface area contributed by atoms with Gasteiger partial charge >= 0.3 is 0 Å². The van der Waals surface area contributed by atoms with Crippen molar-refractivity contribution in [1.82, 2.24) is 0 Å². The minimum atomic E-state index is -0.354. The summed E-state index contributed by atoms with van der Waals surface area (Å²) in [5.41, 5.74) is 0.836. The molecule has 1 N–H and O–H groups in total. The Labute approximate surface area is 138 Å². The molecular formula is C17H28O6.